The number of aliphatic hydroxyl groups excluding tert-OH is 1. The second-order valence-electron chi connectivity index (χ2n) is 9.93. The third-order valence-corrected chi connectivity index (χ3v) is 10.3. The predicted octanol–water partition coefficient (Wildman–Crippen LogP) is 2.97. The number of benzene rings is 2. The topological polar surface area (TPSA) is 98.7 Å². The smallest absolute Gasteiger partial charge is 0.248 e. The summed E-state index contributed by atoms with van der Waals surface area (Å²) in [6.45, 7) is 1.78. The molecule has 3 amide bonds. The summed E-state index contributed by atoms with van der Waals surface area (Å²) < 4.78 is -0.750. The number of carbonyl (C=O) groups is 3. The molecule has 0 aromatic heterocycles. The van der Waals surface area contributed by atoms with Crippen LogP contribution in [0.3, 0.4) is 0 Å². The summed E-state index contributed by atoms with van der Waals surface area (Å²) in [6, 6.07) is 15.0. The van der Waals surface area contributed by atoms with Gasteiger partial charge in [-0.3, -0.25) is 14.4 Å². The van der Waals surface area contributed by atoms with Crippen LogP contribution in [-0.2, 0) is 20.8 Å². The molecule has 0 aliphatic carbocycles. The molecule has 3 unspecified atom stereocenters. The van der Waals surface area contributed by atoms with Gasteiger partial charge in [-0.15, -0.1) is 11.8 Å². The van der Waals surface area contributed by atoms with Crippen LogP contribution < -0.4 is 10.6 Å². The molecule has 5 rings (SSSR count). The Morgan fingerprint density at radius 1 is 1.17 bits per heavy atom. The molecule has 190 valence electrons. The van der Waals surface area contributed by atoms with Crippen LogP contribution in [-0.4, -0.2) is 63.5 Å². The zero-order chi connectivity index (χ0) is 25.6. The maximum atomic E-state index is 14.2. The van der Waals surface area contributed by atoms with Crippen LogP contribution in [0.15, 0.2) is 54.6 Å². The highest BCUT2D eigenvalue weighted by Gasteiger charge is 2.76. The van der Waals surface area contributed by atoms with Gasteiger partial charge in [0.25, 0.3) is 0 Å². The van der Waals surface area contributed by atoms with E-state index < -0.39 is 28.7 Å². The number of nitrogens with zero attached hydrogens (tertiary/aromatic N) is 1. The molecule has 2 bridgehead atoms. The van der Waals surface area contributed by atoms with Gasteiger partial charge >= 0.3 is 0 Å². The molecule has 0 saturated carbocycles. The maximum absolute atomic E-state index is 14.2. The standard InChI is InChI=1S/C27H30ClN3O4S/c1-15-12-20-21(24(33)29-2)22-26(35)31(19(14-32)13-16-6-4-3-5-7-16)23(27(15,22)36-20)25(34)30-18-10-8-17(28)9-11-18/h3-11,15,19-23,32H,12-14H2,1-2H3,(H,29,33)(H,30,34)/t15?,19-,20+,21-,22+,23?,27?/m1/s1. The number of nitrogens with one attached hydrogen (secondary N) is 2. The Labute approximate surface area is 220 Å². The van der Waals surface area contributed by atoms with E-state index in [1.807, 2.05) is 30.3 Å². The van der Waals surface area contributed by atoms with Crippen molar-refractivity contribution in [3.63, 3.8) is 0 Å². The number of amides is 3. The quantitative estimate of drug-likeness (QED) is 0.514. The number of fused-ring (bicyclic) bond motifs is 1. The average Bonchev–Trinajstić information content (AvgIpc) is 3.47. The summed E-state index contributed by atoms with van der Waals surface area (Å²) >= 11 is 7.64. The van der Waals surface area contributed by atoms with Crippen molar-refractivity contribution in [1.29, 1.82) is 0 Å². The molecule has 3 fully saturated rings. The molecule has 3 saturated heterocycles. The van der Waals surface area contributed by atoms with Gasteiger partial charge in [0.1, 0.15) is 6.04 Å². The van der Waals surface area contributed by atoms with Crippen LogP contribution >= 0.6 is 23.4 Å². The van der Waals surface area contributed by atoms with Crippen LogP contribution in [0.1, 0.15) is 18.9 Å². The fraction of sp³-hybridized carbons (Fsp3) is 0.444. The van der Waals surface area contributed by atoms with E-state index in [1.54, 1.807) is 48.0 Å². The fourth-order valence-electron chi connectivity index (χ4n) is 6.50. The van der Waals surface area contributed by atoms with Crippen LogP contribution in [0.4, 0.5) is 5.69 Å². The third-order valence-electron chi connectivity index (χ3n) is 8.01. The third kappa shape index (κ3) is 3.90. The maximum Gasteiger partial charge on any atom is 0.248 e. The van der Waals surface area contributed by atoms with E-state index in [4.69, 9.17) is 11.6 Å². The van der Waals surface area contributed by atoms with E-state index in [9.17, 15) is 19.5 Å². The second kappa shape index (κ2) is 9.72. The second-order valence-corrected chi connectivity index (χ2v) is 11.9. The van der Waals surface area contributed by atoms with Gasteiger partial charge in [0, 0.05) is 23.0 Å². The van der Waals surface area contributed by atoms with Gasteiger partial charge in [-0.25, -0.2) is 0 Å². The first-order valence-electron chi connectivity index (χ1n) is 12.2. The van der Waals surface area contributed by atoms with Crippen molar-refractivity contribution >= 4 is 46.8 Å². The Morgan fingerprint density at radius 2 is 1.86 bits per heavy atom. The van der Waals surface area contributed by atoms with Crippen molar-refractivity contribution < 1.29 is 19.5 Å². The lowest BCUT2D eigenvalue weighted by molar-refractivity contribution is -0.142. The first-order valence-corrected chi connectivity index (χ1v) is 13.5. The molecule has 36 heavy (non-hydrogen) atoms. The number of anilines is 1. The molecule has 9 heteroatoms. The van der Waals surface area contributed by atoms with Crippen LogP contribution in [0.25, 0.3) is 0 Å². The lowest BCUT2D eigenvalue weighted by atomic mass is 9.66. The lowest BCUT2D eigenvalue weighted by Crippen LogP contribution is -2.57. The normalized spacial score (nSPS) is 31.3. The van der Waals surface area contributed by atoms with Gasteiger partial charge in [-0.1, -0.05) is 48.9 Å². The Kier molecular flexibility index (Phi) is 6.78. The predicted molar refractivity (Wildman–Crippen MR) is 141 cm³/mol. The summed E-state index contributed by atoms with van der Waals surface area (Å²) in [7, 11) is 1.59. The van der Waals surface area contributed by atoms with Crippen LogP contribution in [0, 0.1) is 17.8 Å². The van der Waals surface area contributed by atoms with E-state index in [2.05, 4.69) is 17.6 Å². The molecule has 2 aromatic rings. The highest BCUT2D eigenvalue weighted by Crippen LogP contribution is 2.68. The minimum Gasteiger partial charge on any atom is -0.394 e. The fourth-order valence-corrected chi connectivity index (χ4v) is 9.03. The molecule has 0 radical (unpaired) electrons. The van der Waals surface area contributed by atoms with E-state index in [-0.39, 0.29) is 35.5 Å². The van der Waals surface area contributed by atoms with E-state index in [1.165, 1.54) is 0 Å². The summed E-state index contributed by atoms with van der Waals surface area (Å²) in [5, 5.41) is 16.7. The molecule has 3 N–H and O–H groups in total. The highest BCUT2D eigenvalue weighted by atomic mass is 35.5. The van der Waals surface area contributed by atoms with Gasteiger partial charge in [-0.2, -0.15) is 0 Å². The van der Waals surface area contributed by atoms with Gasteiger partial charge in [-0.05, 0) is 48.6 Å². The first kappa shape index (κ1) is 25.1. The molecule has 3 aliphatic rings. The summed E-state index contributed by atoms with van der Waals surface area (Å²) in [6.07, 6.45) is 1.16. The van der Waals surface area contributed by atoms with Crippen LogP contribution in [0.2, 0.25) is 5.02 Å². The number of carbonyl (C=O) groups excluding carboxylic acids is 3. The Morgan fingerprint density at radius 3 is 2.50 bits per heavy atom. The molecule has 1 spiro atoms. The Hall–Kier alpha value is -2.55. The molecular weight excluding hydrogens is 498 g/mol. The SMILES string of the molecule is CNC(=O)[C@@H]1[C@@H]2CC(C)C3(S2)C(C(=O)Nc2ccc(Cl)cc2)N([C@@H](CO)Cc2ccccc2)C(=O)[C@H]13. The van der Waals surface area contributed by atoms with Crippen molar-refractivity contribution in [2.24, 2.45) is 17.8 Å². The highest BCUT2D eigenvalue weighted by molar-refractivity contribution is 8.02. The molecule has 7 atom stereocenters. The molecular formula is C27H30ClN3O4S. The van der Waals surface area contributed by atoms with Crippen molar-refractivity contribution in [3.05, 3.63) is 65.2 Å². The van der Waals surface area contributed by atoms with E-state index in [0.717, 1.165) is 12.0 Å². The lowest BCUT2D eigenvalue weighted by Gasteiger charge is -2.40. The number of hydrogen-bond donors (Lipinski definition) is 3. The molecule has 3 aliphatic heterocycles. The zero-order valence-electron chi connectivity index (χ0n) is 20.2. The molecule has 2 aromatic carbocycles. The van der Waals surface area contributed by atoms with Crippen molar-refractivity contribution in [2.45, 2.75) is 41.8 Å². The van der Waals surface area contributed by atoms with Crippen molar-refractivity contribution in [2.75, 3.05) is 19.0 Å². The Bertz CT molecular complexity index is 1160. The van der Waals surface area contributed by atoms with Crippen molar-refractivity contribution in [1.82, 2.24) is 10.2 Å². The molecule has 7 nitrogen and oxygen atoms in total. The van der Waals surface area contributed by atoms with Gasteiger partial charge in [0.15, 0.2) is 0 Å². The summed E-state index contributed by atoms with van der Waals surface area (Å²) in [5.41, 5.74) is 1.54. The summed E-state index contributed by atoms with van der Waals surface area (Å²) in [5.74, 6) is -1.78. The average molecular weight is 528 g/mol. The van der Waals surface area contributed by atoms with Gasteiger partial charge in [0.05, 0.1) is 29.2 Å². The number of rotatable bonds is 7. The number of halogens is 1. The number of aliphatic hydroxyl groups is 1. The minimum atomic E-state index is -0.828. The van der Waals surface area contributed by atoms with Crippen molar-refractivity contribution in [3.8, 4) is 0 Å². The van der Waals surface area contributed by atoms with Gasteiger partial charge < -0.3 is 20.6 Å². The van der Waals surface area contributed by atoms with E-state index in [0.29, 0.717) is 17.1 Å². The first-order chi connectivity index (χ1) is 17.3. The zero-order valence-corrected chi connectivity index (χ0v) is 21.8. The van der Waals surface area contributed by atoms with E-state index >= 15 is 0 Å². The number of likely N-dealkylation sites (tertiary alicyclic amines) is 1. The van der Waals surface area contributed by atoms with Gasteiger partial charge in [0.2, 0.25) is 17.7 Å². The largest absolute Gasteiger partial charge is 0.394 e. The number of hydrogen-bond acceptors (Lipinski definition) is 5. The monoisotopic (exact) mass is 527 g/mol. The Balaban J connectivity index is 1.57. The minimum absolute atomic E-state index is 0.0245. The van der Waals surface area contributed by atoms with Crippen LogP contribution in [0.5, 0.6) is 0 Å². The number of thioether (sulfide) groups is 1. The molecule has 3 heterocycles. The summed E-state index contributed by atoms with van der Waals surface area (Å²) in [4.78, 5) is 42.7.